The molecule has 1 rings (SSSR count). The summed E-state index contributed by atoms with van der Waals surface area (Å²) in [7, 11) is 0. The Kier molecular flexibility index (Phi) is 5.80. The highest BCUT2D eigenvalue weighted by Crippen LogP contribution is 2.12. The van der Waals surface area contributed by atoms with Crippen molar-refractivity contribution in [2.24, 2.45) is 5.92 Å². The first kappa shape index (κ1) is 14.7. The van der Waals surface area contributed by atoms with Crippen molar-refractivity contribution < 1.29 is 4.39 Å². The first-order valence-corrected chi connectivity index (χ1v) is 6.48. The molecule has 0 aliphatic heterocycles. The van der Waals surface area contributed by atoms with Crippen LogP contribution in [0.2, 0.25) is 0 Å². The topological polar surface area (TPSA) is 35.8 Å². The SMILES string of the molecule is CCC(C)CC(C)NCc1ccc(F)c(C#N)c1. The third-order valence-corrected chi connectivity index (χ3v) is 3.26. The molecule has 1 N–H and O–H groups in total. The smallest absolute Gasteiger partial charge is 0.140 e. The van der Waals surface area contributed by atoms with E-state index in [0.29, 0.717) is 18.5 Å². The molecule has 0 amide bonds. The van der Waals surface area contributed by atoms with Gasteiger partial charge in [0.05, 0.1) is 5.56 Å². The molecule has 0 spiro atoms. The molecule has 2 nitrogen and oxygen atoms in total. The number of halogens is 1. The summed E-state index contributed by atoms with van der Waals surface area (Å²) in [6.07, 6.45) is 2.31. The van der Waals surface area contributed by atoms with Gasteiger partial charge in [-0.15, -0.1) is 0 Å². The summed E-state index contributed by atoms with van der Waals surface area (Å²) in [5.41, 5.74) is 1.06. The Hall–Kier alpha value is -1.40. The zero-order valence-electron chi connectivity index (χ0n) is 11.3. The molecule has 0 fully saturated rings. The Morgan fingerprint density at radius 1 is 1.39 bits per heavy atom. The third kappa shape index (κ3) is 4.46. The number of nitrogens with zero attached hydrogens (tertiary/aromatic N) is 1. The minimum atomic E-state index is -0.450. The van der Waals surface area contributed by atoms with E-state index in [1.807, 2.05) is 6.07 Å². The molecule has 0 aliphatic carbocycles. The predicted molar refractivity (Wildman–Crippen MR) is 71.5 cm³/mol. The van der Waals surface area contributed by atoms with Crippen molar-refractivity contribution in [1.82, 2.24) is 5.32 Å². The lowest BCUT2D eigenvalue weighted by atomic mass is 10.00. The van der Waals surface area contributed by atoms with Crippen molar-refractivity contribution in [2.45, 2.75) is 46.2 Å². The summed E-state index contributed by atoms with van der Waals surface area (Å²) in [6, 6.07) is 6.98. The second-order valence-electron chi connectivity index (χ2n) is 4.96. The van der Waals surface area contributed by atoms with Crippen molar-refractivity contribution >= 4 is 0 Å². The van der Waals surface area contributed by atoms with Gasteiger partial charge in [0.15, 0.2) is 0 Å². The Morgan fingerprint density at radius 3 is 2.72 bits per heavy atom. The molecule has 2 unspecified atom stereocenters. The quantitative estimate of drug-likeness (QED) is 0.834. The summed E-state index contributed by atoms with van der Waals surface area (Å²) in [6.45, 7) is 7.26. The summed E-state index contributed by atoms with van der Waals surface area (Å²) >= 11 is 0. The predicted octanol–water partition coefficient (Wildman–Crippen LogP) is 3.61. The van der Waals surface area contributed by atoms with Crippen LogP contribution in [0, 0.1) is 23.1 Å². The maximum absolute atomic E-state index is 13.1. The maximum Gasteiger partial charge on any atom is 0.140 e. The highest BCUT2D eigenvalue weighted by molar-refractivity contribution is 5.34. The van der Waals surface area contributed by atoms with Crippen LogP contribution in [0.3, 0.4) is 0 Å². The Labute approximate surface area is 109 Å². The molecule has 98 valence electrons. The Bertz CT molecular complexity index is 423. The molecular weight excluding hydrogens is 227 g/mol. The van der Waals surface area contributed by atoms with Gasteiger partial charge in [-0.2, -0.15) is 5.26 Å². The van der Waals surface area contributed by atoms with E-state index in [0.717, 1.165) is 12.0 Å². The van der Waals surface area contributed by atoms with E-state index in [1.165, 1.54) is 12.5 Å². The van der Waals surface area contributed by atoms with Gasteiger partial charge >= 0.3 is 0 Å². The van der Waals surface area contributed by atoms with Crippen molar-refractivity contribution in [2.75, 3.05) is 0 Å². The number of hydrogen-bond acceptors (Lipinski definition) is 2. The molecule has 0 aromatic heterocycles. The van der Waals surface area contributed by atoms with Gasteiger partial charge in [0.25, 0.3) is 0 Å². The maximum atomic E-state index is 13.1. The van der Waals surface area contributed by atoms with Crippen molar-refractivity contribution in [3.8, 4) is 6.07 Å². The summed E-state index contributed by atoms with van der Waals surface area (Å²) in [5.74, 6) is 0.254. The fraction of sp³-hybridized carbons (Fsp3) is 0.533. The van der Waals surface area contributed by atoms with E-state index < -0.39 is 5.82 Å². The number of hydrogen-bond donors (Lipinski definition) is 1. The second kappa shape index (κ2) is 7.13. The van der Waals surface area contributed by atoms with Crippen LogP contribution in [0.4, 0.5) is 4.39 Å². The normalized spacial score (nSPS) is 13.9. The molecule has 18 heavy (non-hydrogen) atoms. The lowest BCUT2D eigenvalue weighted by Gasteiger charge is -2.17. The fourth-order valence-corrected chi connectivity index (χ4v) is 1.91. The van der Waals surface area contributed by atoms with Crippen LogP contribution >= 0.6 is 0 Å². The largest absolute Gasteiger partial charge is 0.310 e. The van der Waals surface area contributed by atoms with Crippen LogP contribution in [0.15, 0.2) is 18.2 Å². The number of benzene rings is 1. The Balaban J connectivity index is 2.51. The minimum absolute atomic E-state index is 0.115. The van der Waals surface area contributed by atoms with Crippen LogP contribution in [-0.4, -0.2) is 6.04 Å². The summed E-state index contributed by atoms with van der Waals surface area (Å²) in [5, 5.41) is 12.2. The van der Waals surface area contributed by atoms with E-state index in [4.69, 9.17) is 5.26 Å². The van der Waals surface area contributed by atoms with Crippen molar-refractivity contribution in [1.29, 1.82) is 5.26 Å². The average molecular weight is 248 g/mol. The van der Waals surface area contributed by atoms with Crippen LogP contribution in [0.1, 0.15) is 44.7 Å². The van der Waals surface area contributed by atoms with Crippen molar-refractivity contribution in [3.05, 3.63) is 35.1 Å². The van der Waals surface area contributed by atoms with Gasteiger partial charge in [-0.25, -0.2) is 4.39 Å². The Morgan fingerprint density at radius 2 is 2.11 bits per heavy atom. The van der Waals surface area contributed by atoms with Gasteiger partial charge in [0.1, 0.15) is 11.9 Å². The molecular formula is C15H21FN2. The van der Waals surface area contributed by atoms with Gasteiger partial charge in [-0.1, -0.05) is 26.3 Å². The third-order valence-electron chi connectivity index (χ3n) is 3.26. The summed E-state index contributed by atoms with van der Waals surface area (Å²) < 4.78 is 13.1. The standard InChI is InChI=1S/C15H21FN2/c1-4-11(2)7-12(3)18-10-13-5-6-15(16)14(8-13)9-17/h5-6,8,11-12,18H,4,7,10H2,1-3H3. The van der Waals surface area contributed by atoms with Crippen molar-refractivity contribution in [3.63, 3.8) is 0 Å². The van der Waals surface area contributed by atoms with Gasteiger partial charge < -0.3 is 5.32 Å². The second-order valence-corrected chi connectivity index (χ2v) is 4.96. The number of nitriles is 1. The monoisotopic (exact) mass is 248 g/mol. The zero-order chi connectivity index (χ0) is 13.5. The fourth-order valence-electron chi connectivity index (χ4n) is 1.91. The van der Waals surface area contributed by atoms with Gasteiger partial charge in [0, 0.05) is 12.6 Å². The van der Waals surface area contributed by atoms with Gasteiger partial charge in [-0.3, -0.25) is 0 Å². The molecule has 0 bridgehead atoms. The van der Waals surface area contributed by atoms with E-state index in [1.54, 1.807) is 12.1 Å². The number of nitrogens with one attached hydrogen (secondary N) is 1. The van der Waals surface area contributed by atoms with E-state index in [2.05, 4.69) is 26.1 Å². The van der Waals surface area contributed by atoms with E-state index in [9.17, 15) is 4.39 Å². The molecule has 3 heteroatoms. The van der Waals surface area contributed by atoms with Crippen LogP contribution in [0.5, 0.6) is 0 Å². The molecule has 0 saturated heterocycles. The lowest BCUT2D eigenvalue weighted by Crippen LogP contribution is -2.27. The molecule has 1 aromatic carbocycles. The van der Waals surface area contributed by atoms with Gasteiger partial charge in [0.2, 0.25) is 0 Å². The molecule has 2 atom stereocenters. The molecule has 0 aliphatic rings. The van der Waals surface area contributed by atoms with E-state index >= 15 is 0 Å². The van der Waals surface area contributed by atoms with Gasteiger partial charge in [-0.05, 0) is 37.0 Å². The summed E-state index contributed by atoms with van der Waals surface area (Å²) in [4.78, 5) is 0. The number of rotatable bonds is 6. The van der Waals surface area contributed by atoms with Crippen LogP contribution in [0.25, 0.3) is 0 Å². The molecule has 0 saturated carbocycles. The first-order valence-electron chi connectivity index (χ1n) is 6.48. The zero-order valence-corrected chi connectivity index (χ0v) is 11.3. The van der Waals surface area contributed by atoms with Crippen LogP contribution in [-0.2, 0) is 6.54 Å². The van der Waals surface area contributed by atoms with Crippen LogP contribution < -0.4 is 5.32 Å². The van der Waals surface area contributed by atoms with E-state index in [-0.39, 0.29) is 5.56 Å². The minimum Gasteiger partial charge on any atom is -0.310 e. The molecule has 1 aromatic rings. The average Bonchev–Trinajstić information content (AvgIpc) is 2.37. The molecule has 0 heterocycles. The molecule has 0 radical (unpaired) electrons. The highest BCUT2D eigenvalue weighted by Gasteiger charge is 2.07. The first-order chi connectivity index (χ1) is 8.56. The highest BCUT2D eigenvalue weighted by atomic mass is 19.1. The lowest BCUT2D eigenvalue weighted by molar-refractivity contribution is 0.412.